The number of fused-ring (bicyclic) bond motifs is 1. The summed E-state index contributed by atoms with van der Waals surface area (Å²) in [5.41, 5.74) is 9.01. The molecule has 1 atom stereocenters. The molecule has 0 saturated heterocycles. The van der Waals surface area contributed by atoms with Crippen molar-refractivity contribution in [3.05, 3.63) is 118 Å². The van der Waals surface area contributed by atoms with Gasteiger partial charge in [0.25, 0.3) is 5.91 Å². The average molecular weight is 556 g/mol. The molecule has 1 unspecified atom stereocenters. The minimum absolute atomic E-state index is 0.0365. The Labute approximate surface area is 237 Å². The molecular formula is C31H33N5O5. The highest BCUT2D eigenvalue weighted by atomic mass is 16.5. The quantitative estimate of drug-likeness (QED) is 0.116. The number of aromatic amines is 1. The van der Waals surface area contributed by atoms with Crippen molar-refractivity contribution >= 4 is 22.5 Å². The molecule has 4 aromatic rings. The van der Waals surface area contributed by atoms with Gasteiger partial charge in [-0.05, 0) is 47.0 Å². The number of nitrogens with zero attached hydrogens (tertiary/aromatic N) is 1. The topological polar surface area (TPSA) is 162 Å². The summed E-state index contributed by atoms with van der Waals surface area (Å²) >= 11 is 0. The van der Waals surface area contributed by atoms with Gasteiger partial charge < -0.3 is 36.3 Å². The molecule has 0 fully saturated rings. The number of rotatable bonds is 12. The zero-order chi connectivity index (χ0) is 29.2. The number of pyridine rings is 1. The number of ether oxygens (including phenoxy) is 1. The molecule has 1 amide bonds. The number of aromatic hydroxyl groups is 1. The summed E-state index contributed by atoms with van der Waals surface area (Å²) in [7, 11) is 1.61. The Morgan fingerprint density at radius 2 is 1.73 bits per heavy atom. The van der Waals surface area contributed by atoms with E-state index in [1.54, 1.807) is 19.2 Å². The van der Waals surface area contributed by atoms with Gasteiger partial charge >= 0.3 is 0 Å². The number of nitrogens with two attached hydrogens (primary N) is 1. The van der Waals surface area contributed by atoms with Crippen molar-refractivity contribution in [1.82, 2.24) is 15.6 Å². The SMILES string of the molecule is CN=C(C=C(N)C(=O)NCc1ccc(CNCC(O)c2ccc(O)c3[nH]c(=O)ccc23)cc1)COc1ccccc1. The van der Waals surface area contributed by atoms with E-state index in [0.717, 1.165) is 11.1 Å². The highest BCUT2D eigenvalue weighted by Gasteiger charge is 2.14. The number of phenolic OH excluding ortho intramolecular Hbond substituents is 1. The summed E-state index contributed by atoms with van der Waals surface area (Å²) in [5, 5.41) is 27.4. The molecule has 10 heteroatoms. The van der Waals surface area contributed by atoms with Gasteiger partial charge in [-0.15, -0.1) is 0 Å². The Balaban J connectivity index is 1.24. The third-order valence-corrected chi connectivity index (χ3v) is 6.41. The highest BCUT2D eigenvalue weighted by Crippen LogP contribution is 2.28. The van der Waals surface area contributed by atoms with Crippen LogP contribution in [0.3, 0.4) is 0 Å². The Kier molecular flexibility index (Phi) is 9.87. The van der Waals surface area contributed by atoms with Crippen molar-refractivity contribution in [2.45, 2.75) is 19.2 Å². The van der Waals surface area contributed by atoms with Gasteiger partial charge in [0.15, 0.2) is 0 Å². The first kappa shape index (κ1) is 29.1. The lowest BCUT2D eigenvalue weighted by Gasteiger charge is -2.15. The summed E-state index contributed by atoms with van der Waals surface area (Å²) in [6, 6.07) is 23.0. The molecule has 10 nitrogen and oxygen atoms in total. The van der Waals surface area contributed by atoms with E-state index < -0.39 is 12.0 Å². The normalized spacial score (nSPS) is 12.7. The molecule has 3 aromatic carbocycles. The molecule has 0 bridgehead atoms. The van der Waals surface area contributed by atoms with Crippen LogP contribution in [0.25, 0.3) is 10.9 Å². The summed E-state index contributed by atoms with van der Waals surface area (Å²) in [6.07, 6.45) is 0.655. The number of hydrogen-bond donors (Lipinski definition) is 6. The minimum Gasteiger partial charge on any atom is -0.506 e. The van der Waals surface area contributed by atoms with E-state index in [-0.39, 0.29) is 30.2 Å². The maximum absolute atomic E-state index is 12.5. The number of nitrogens with one attached hydrogen (secondary N) is 3. The number of phenols is 1. The van der Waals surface area contributed by atoms with Crippen molar-refractivity contribution < 1.29 is 19.7 Å². The van der Waals surface area contributed by atoms with Crippen LogP contribution in [0.1, 0.15) is 22.8 Å². The third-order valence-electron chi connectivity index (χ3n) is 6.41. The fraction of sp³-hybridized carbons (Fsp3) is 0.194. The molecule has 0 spiro atoms. The Bertz CT molecular complexity index is 1600. The monoisotopic (exact) mass is 555 g/mol. The van der Waals surface area contributed by atoms with Crippen LogP contribution in [0.5, 0.6) is 11.5 Å². The summed E-state index contributed by atoms with van der Waals surface area (Å²) in [6.45, 7) is 1.26. The molecular weight excluding hydrogens is 522 g/mol. The second-order valence-electron chi connectivity index (χ2n) is 9.35. The number of carbonyl (C=O) groups excluding carboxylic acids is 1. The first-order valence-electron chi connectivity index (χ1n) is 13.0. The number of hydrogen-bond acceptors (Lipinski definition) is 8. The molecule has 0 aliphatic rings. The van der Waals surface area contributed by atoms with Gasteiger partial charge in [-0.3, -0.25) is 14.6 Å². The van der Waals surface area contributed by atoms with E-state index in [1.165, 1.54) is 18.2 Å². The number of aliphatic hydroxyl groups is 1. The van der Waals surface area contributed by atoms with Crippen LogP contribution < -0.4 is 26.7 Å². The lowest BCUT2D eigenvalue weighted by atomic mass is 10.0. The van der Waals surface area contributed by atoms with E-state index in [9.17, 15) is 19.8 Å². The Morgan fingerprint density at radius 1 is 1.02 bits per heavy atom. The fourth-order valence-corrected chi connectivity index (χ4v) is 4.16. The molecule has 41 heavy (non-hydrogen) atoms. The number of para-hydroxylation sites is 1. The second-order valence-corrected chi connectivity index (χ2v) is 9.35. The molecule has 1 aromatic heterocycles. The predicted octanol–water partition coefficient (Wildman–Crippen LogP) is 2.67. The van der Waals surface area contributed by atoms with E-state index >= 15 is 0 Å². The summed E-state index contributed by atoms with van der Waals surface area (Å²) in [5.74, 6) is 0.241. The largest absolute Gasteiger partial charge is 0.506 e. The number of benzene rings is 3. The maximum Gasteiger partial charge on any atom is 0.267 e. The molecule has 0 aliphatic heterocycles. The van der Waals surface area contributed by atoms with Gasteiger partial charge in [-0.1, -0.05) is 48.5 Å². The van der Waals surface area contributed by atoms with Gasteiger partial charge in [-0.2, -0.15) is 0 Å². The number of carbonyl (C=O) groups is 1. The lowest BCUT2D eigenvalue weighted by Crippen LogP contribution is -2.29. The third kappa shape index (κ3) is 8.04. The summed E-state index contributed by atoms with van der Waals surface area (Å²) < 4.78 is 5.67. The van der Waals surface area contributed by atoms with Gasteiger partial charge in [0.2, 0.25) is 5.56 Å². The van der Waals surface area contributed by atoms with Crippen LogP contribution in [-0.2, 0) is 17.9 Å². The number of aliphatic hydroxyl groups excluding tert-OH is 1. The Hall–Kier alpha value is -4.93. The van der Waals surface area contributed by atoms with Crippen molar-refractivity contribution in [3.8, 4) is 11.5 Å². The smallest absolute Gasteiger partial charge is 0.267 e. The second kappa shape index (κ2) is 13.9. The van der Waals surface area contributed by atoms with Crippen molar-refractivity contribution in [3.63, 3.8) is 0 Å². The highest BCUT2D eigenvalue weighted by molar-refractivity contribution is 6.04. The van der Waals surface area contributed by atoms with Crippen LogP contribution in [0.4, 0.5) is 0 Å². The molecule has 1 heterocycles. The van der Waals surface area contributed by atoms with E-state index in [4.69, 9.17) is 10.5 Å². The fourth-order valence-electron chi connectivity index (χ4n) is 4.16. The number of amides is 1. The number of aromatic nitrogens is 1. The molecule has 4 rings (SSSR count). The number of H-pyrrole nitrogens is 1. The Morgan fingerprint density at radius 3 is 2.44 bits per heavy atom. The van der Waals surface area contributed by atoms with Crippen LogP contribution in [0.15, 0.2) is 100 Å². The molecule has 0 saturated carbocycles. The van der Waals surface area contributed by atoms with E-state index in [2.05, 4.69) is 20.6 Å². The van der Waals surface area contributed by atoms with Crippen LogP contribution in [0.2, 0.25) is 0 Å². The predicted molar refractivity (Wildman–Crippen MR) is 159 cm³/mol. The van der Waals surface area contributed by atoms with Crippen LogP contribution in [0, 0.1) is 0 Å². The van der Waals surface area contributed by atoms with Gasteiger partial charge in [0.1, 0.15) is 18.1 Å². The minimum atomic E-state index is -0.847. The van der Waals surface area contributed by atoms with Gasteiger partial charge in [-0.25, -0.2) is 0 Å². The average Bonchev–Trinajstić information content (AvgIpc) is 2.99. The zero-order valence-corrected chi connectivity index (χ0v) is 22.6. The molecule has 212 valence electrons. The zero-order valence-electron chi connectivity index (χ0n) is 22.6. The summed E-state index contributed by atoms with van der Waals surface area (Å²) in [4.78, 5) is 30.8. The number of aliphatic imine (C=N–C) groups is 1. The first-order valence-corrected chi connectivity index (χ1v) is 13.0. The van der Waals surface area contributed by atoms with Crippen molar-refractivity contribution in [1.29, 1.82) is 0 Å². The first-order chi connectivity index (χ1) is 19.8. The maximum atomic E-state index is 12.5. The van der Waals surface area contributed by atoms with E-state index in [0.29, 0.717) is 41.0 Å². The van der Waals surface area contributed by atoms with Gasteiger partial charge in [0, 0.05) is 38.1 Å². The molecule has 0 radical (unpaired) electrons. The molecule has 7 N–H and O–H groups in total. The van der Waals surface area contributed by atoms with Crippen molar-refractivity contribution in [2.75, 3.05) is 20.2 Å². The van der Waals surface area contributed by atoms with Crippen molar-refractivity contribution in [2.24, 2.45) is 10.7 Å². The van der Waals surface area contributed by atoms with Gasteiger partial charge in [0.05, 0.1) is 23.0 Å². The van der Waals surface area contributed by atoms with Crippen LogP contribution >= 0.6 is 0 Å². The standard InChI is InChI=1S/C31H33N5O5/c1-33-22(19-41-23-5-3-2-4-6-23)15-26(32)31(40)35-17-21-9-7-20(8-10-21)16-34-18-28(38)24-11-13-27(37)30-25(24)12-14-29(39)36-30/h2-15,28,34,37-38H,16-19,32H2,1H3,(H,35,40)(H,36,39). The van der Waals surface area contributed by atoms with E-state index in [1.807, 2.05) is 54.6 Å². The lowest BCUT2D eigenvalue weighted by molar-refractivity contribution is -0.117. The van der Waals surface area contributed by atoms with Crippen LogP contribution in [-0.4, -0.2) is 47.0 Å². The molecule has 0 aliphatic carbocycles.